The average molecular weight is 543 g/mol. The Kier molecular flexibility index (Phi) is 6.15. The molecule has 39 heavy (non-hydrogen) atoms. The van der Waals surface area contributed by atoms with Crippen LogP contribution in [0, 0.1) is 6.92 Å². The summed E-state index contributed by atoms with van der Waals surface area (Å²) < 4.78 is 6.56. The summed E-state index contributed by atoms with van der Waals surface area (Å²) in [5.74, 6) is 0.327. The number of amides is 1. The van der Waals surface area contributed by atoms with Crippen LogP contribution in [0.2, 0.25) is 0 Å². The van der Waals surface area contributed by atoms with Crippen LogP contribution < -0.4 is 33.0 Å². The SMILES string of the molecule is Cc1cc(Oc2ccccc2)ncc1C1(N)C(=O)C(N)c2c(C(=O)NC3CCC(N)C3)sc3c(N)ccc1c23. The molecule has 9 nitrogen and oxygen atoms in total. The predicted octanol–water partition coefficient (Wildman–Crippen LogP) is 3.37. The van der Waals surface area contributed by atoms with E-state index in [0.717, 1.165) is 18.4 Å². The summed E-state index contributed by atoms with van der Waals surface area (Å²) in [7, 11) is 0. The molecule has 0 spiro atoms. The van der Waals surface area contributed by atoms with E-state index in [2.05, 4.69) is 10.3 Å². The second kappa shape index (κ2) is 9.42. The van der Waals surface area contributed by atoms with Gasteiger partial charge in [0.1, 0.15) is 11.3 Å². The first-order valence-corrected chi connectivity index (χ1v) is 13.7. The van der Waals surface area contributed by atoms with Crippen molar-refractivity contribution in [3.8, 4) is 11.6 Å². The Labute approximate surface area is 229 Å². The van der Waals surface area contributed by atoms with Gasteiger partial charge < -0.3 is 33.0 Å². The lowest BCUT2D eigenvalue weighted by Gasteiger charge is -2.37. The fourth-order valence-corrected chi connectivity index (χ4v) is 7.04. The van der Waals surface area contributed by atoms with Crippen LogP contribution in [-0.2, 0) is 10.3 Å². The number of nitrogens with zero attached hydrogens (tertiary/aromatic N) is 1. The third kappa shape index (κ3) is 4.07. The topological polar surface area (TPSA) is 172 Å². The van der Waals surface area contributed by atoms with Gasteiger partial charge in [0, 0.05) is 46.5 Å². The lowest BCUT2D eigenvalue weighted by atomic mass is 9.70. The quantitative estimate of drug-likeness (QED) is 0.239. The summed E-state index contributed by atoms with van der Waals surface area (Å²) in [6.07, 6.45) is 3.95. The van der Waals surface area contributed by atoms with Crippen LogP contribution in [0.1, 0.15) is 57.2 Å². The molecule has 2 aliphatic carbocycles. The molecule has 6 rings (SSSR count). The number of aromatic nitrogens is 1. The van der Waals surface area contributed by atoms with Crippen molar-refractivity contribution in [2.75, 3.05) is 5.73 Å². The van der Waals surface area contributed by atoms with E-state index in [0.29, 0.717) is 55.4 Å². The van der Waals surface area contributed by atoms with Crippen LogP contribution in [0.3, 0.4) is 0 Å². The van der Waals surface area contributed by atoms with Crippen LogP contribution in [-0.4, -0.2) is 28.8 Å². The van der Waals surface area contributed by atoms with Crippen LogP contribution in [0.4, 0.5) is 5.69 Å². The molecule has 4 atom stereocenters. The Morgan fingerprint density at radius 1 is 1.13 bits per heavy atom. The first kappa shape index (κ1) is 25.4. The van der Waals surface area contributed by atoms with Crippen LogP contribution in [0.5, 0.6) is 11.6 Å². The normalized spacial score (nSPS) is 24.2. The first-order valence-electron chi connectivity index (χ1n) is 12.9. The number of nitrogen functional groups attached to an aromatic ring is 1. The molecule has 1 amide bonds. The first-order chi connectivity index (χ1) is 18.7. The van der Waals surface area contributed by atoms with E-state index in [4.69, 9.17) is 27.7 Å². The van der Waals surface area contributed by atoms with Crippen molar-refractivity contribution in [3.05, 3.63) is 81.9 Å². The molecule has 0 bridgehead atoms. The number of para-hydroxylation sites is 1. The van der Waals surface area contributed by atoms with Gasteiger partial charge in [0.15, 0.2) is 5.78 Å². The number of ether oxygens (including phenoxy) is 1. The molecule has 1 saturated carbocycles. The maximum absolute atomic E-state index is 14.0. The van der Waals surface area contributed by atoms with Gasteiger partial charge in [0.05, 0.1) is 15.6 Å². The number of benzene rings is 2. The van der Waals surface area contributed by atoms with Crippen LogP contribution in [0.15, 0.2) is 54.7 Å². The second-order valence-electron chi connectivity index (χ2n) is 10.4. The summed E-state index contributed by atoms with van der Waals surface area (Å²) in [6, 6.07) is 13.5. The maximum atomic E-state index is 14.0. The van der Waals surface area contributed by atoms with E-state index in [9.17, 15) is 9.59 Å². The highest BCUT2D eigenvalue weighted by atomic mass is 32.1. The van der Waals surface area contributed by atoms with Crippen molar-refractivity contribution in [1.82, 2.24) is 10.3 Å². The van der Waals surface area contributed by atoms with Gasteiger partial charge >= 0.3 is 0 Å². The highest BCUT2D eigenvalue weighted by Gasteiger charge is 2.49. The van der Waals surface area contributed by atoms with Crippen molar-refractivity contribution < 1.29 is 14.3 Å². The molecule has 9 N–H and O–H groups in total. The Morgan fingerprint density at radius 3 is 2.59 bits per heavy atom. The van der Waals surface area contributed by atoms with Crippen molar-refractivity contribution in [2.45, 2.75) is 49.9 Å². The van der Waals surface area contributed by atoms with Crippen molar-refractivity contribution in [2.24, 2.45) is 17.2 Å². The van der Waals surface area contributed by atoms with E-state index in [1.54, 1.807) is 24.4 Å². The largest absolute Gasteiger partial charge is 0.439 e. The minimum atomic E-state index is -1.59. The molecule has 1 fully saturated rings. The molecular formula is C29H30N6O3S. The van der Waals surface area contributed by atoms with Crippen molar-refractivity contribution >= 4 is 38.8 Å². The van der Waals surface area contributed by atoms with Gasteiger partial charge in [-0.05, 0) is 55.5 Å². The van der Waals surface area contributed by atoms with Crippen molar-refractivity contribution in [1.29, 1.82) is 0 Å². The van der Waals surface area contributed by atoms with Gasteiger partial charge in [-0.1, -0.05) is 24.3 Å². The van der Waals surface area contributed by atoms with Gasteiger partial charge in [-0.2, -0.15) is 0 Å². The van der Waals surface area contributed by atoms with Gasteiger partial charge in [-0.15, -0.1) is 11.3 Å². The molecule has 2 aromatic carbocycles. The number of thiophene rings is 1. The number of rotatable bonds is 5. The standard InChI is InChI=1S/C29H30N6O3S/c1-14-11-21(38-17-5-3-2-4-6-17)34-13-19(14)29(33)18-9-10-20(31)25-22(18)23(24(32)27(29)36)26(39-25)28(37)35-16-8-7-15(30)12-16/h2-6,9-11,13,15-16,24H,7-8,12,30-33H2,1H3,(H,35,37). The molecule has 2 aliphatic rings. The number of Topliss-reactive ketones (excluding diaryl/α,β-unsaturated/α-hetero) is 1. The Hall–Kier alpha value is -3.83. The lowest BCUT2D eigenvalue weighted by Crippen LogP contribution is -2.53. The molecule has 0 radical (unpaired) electrons. The number of carbonyl (C=O) groups excluding carboxylic acids is 2. The smallest absolute Gasteiger partial charge is 0.261 e. The zero-order valence-electron chi connectivity index (χ0n) is 21.4. The minimum absolute atomic E-state index is 0.0174. The van der Waals surface area contributed by atoms with E-state index in [1.807, 2.05) is 37.3 Å². The lowest BCUT2D eigenvalue weighted by molar-refractivity contribution is -0.124. The van der Waals surface area contributed by atoms with E-state index in [-0.39, 0.29) is 18.0 Å². The summed E-state index contributed by atoms with van der Waals surface area (Å²) >= 11 is 1.24. The fraction of sp³-hybridized carbons (Fsp3) is 0.276. The molecule has 4 aromatic rings. The molecule has 2 heterocycles. The third-order valence-electron chi connectivity index (χ3n) is 7.80. The average Bonchev–Trinajstić information content (AvgIpc) is 3.52. The zero-order chi connectivity index (χ0) is 27.5. The van der Waals surface area contributed by atoms with E-state index in [1.165, 1.54) is 11.3 Å². The maximum Gasteiger partial charge on any atom is 0.261 e. The number of aryl methyl sites for hydroxylation is 1. The Balaban J connectivity index is 1.45. The summed E-state index contributed by atoms with van der Waals surface area (Å²) in [5, 5.41) is 3.74. The number of carbonyl (C=O) groups is 2. The van der Waals surface area contributed by atoms with E-state index < -0.39 is 17.4 Å². The molecule has 4 unspecified atom stereocenters. The molecule has 0 aliphatic heterocycles. The summed E-state index contributed by atoms with van der Waals surface area (Å²) in [6.45, 7) is 1.85. The van der Waals surface area contributed by atoms with E-state index >= 15 is 0 Å². The third-order valence-corrected chi connectivity index (χ3v) is 9.06. The van der Waals surface area contributed by atoms with Crippen LogP contribution >= 0.6 is 11.3 Å². The number of ketones is 1. The minimum Gasteiger partial charge on any atom is -0.439 e. The Morgan fingerprint density at radius 2 is 1.90 bits per heavy atom. The molecule has 10 heteroatoms. The number of pyridine rings is 1. The van der Waals surface area contributed by atoms with Crippen molar-refractivity contribution in [3.63, 3.8) is 0 Å². The van der Waals surface area contributed by atoms with Gasteiger partial charge in [0.25, 0.3) is 5.91 Å². The molecule has 0 saturated heterocycles. The zero-order valence-corrected chi connectivity index (χ0v) is 22.3. The number of nitrogens with two attached hydrogens (primary N) is 4. The number of hydrogen-bond donors (Lipinski definition) is 5. The second-order valence-corrected chi connectivity index (χ2v) is 11.4. The van der Waals surface area contributed by atoms with Gasteiger partial charge in [-0.25, -0.2) is 4.98 Å². The fourth-order valence-electron chi connectivity index (χ4n) is 5.83. The van der Waals surface area contributed by atoms with Gasteiger partial charge in [-0.3, -0.25) is 9.59 Å². The number of anilines is 1. The molecule has 200 valence electrons. The Bertz CT molecular complexity index is 1620. The summed E-state index contributed by atoms with van der Waals surface area (Å²) in [5.41, 5.74) is 27.2. The monoisotopic (exact) mass is 542 g/mol. The predicted molar refractivity (Wildman–Crippen MR) is 152 cm³/mol. The van der Waals surface area contributed by atoms with Gasteiger partial charge in [0.2, 0.25) is 5.88 Å². The highest BCUT2D eigenvalue weighted by molar-refractivity contribution is 7.21. The number of nitrogens with one attached hydrogen (secondary N) is 1. The summed E-state index contributed by atoms with van der Waals surface area (Å²) in [4.78, 5) is 32.3. The number of hydrogen-bond acceptors (Lipinski definition) is 9. The molecular weight excluding hydrogens is 512 g/mol. The highest BCUT2D eigenvalue weighted by Crippen LogP contribution is 2.50. The molecule has 2 aromatic heterocycles. The van der Waals surface area contributed by atoms with Crippen LogP contribution in [0.25, 0.3) is 10.1 Å².